The Morgan fingerprint density at radius 1 is 1.35 bits per heavy atom. The van der Waals surface area contributed by atoms with Gasteiger partial charge in [0.2, 0.25) is 0 Å². The molecule has 1 aromatic rings. The molecular formula is C15H24N4O. The lowest BCUT2D eigenvalue weighted by atomic mass is 10.2. The Hall–Kier alpha value is -1.36. The molecule has 1 saturated carbocycles. The van der Waals surface area contributed by atoms with E-state index in [0.29, 0.717) is 5.92 Å². The van der Waals surface area contributed by atoms with E-state index in [1.165, 1.54) is 12.8 Å². The Morgan fingerprint density at radius 3 is 2.80 bits per heavy atom. The van der Waals surface area contributed by atoms with Gasteiger partial charge in [-0.25, -0.2) is 9.97 Å². The highest BCUT2D eigenvalue weighted by Crippen LogP contribution is 2.40. The number of hydrogen-bond donors (Lipinski definition) is 1. The van der Waals surface area contributed by atoms with Gasteiger partial charge in [0, 0.05) is 31.1 Å². The van der Waals surface area contributed by atoms with Crippen LogP contribution in [0.1, 0.15) is 44.0 Å². The maximum Gasteiger partial charge on any atom is 0.137 e. The highest BCUT2D eigenvalue weighted by molar-refractivity contribution is 5.59. The molecular weight excluding hydrogens is 252 g/mol. The molecule has 1 aliphatic heterocycles. The quantitative estimate of drug-likeness (QED) is 0.914. The van der Waals surface area contributed by atoms with Crippen molar-refractivity contribution in [2.75, 3.05) is 36.5 Å². The first kappa shape index (κ1) is 13.6. The molecule has 1 atom stereocenters. The minimum atomic E-state index is 0.269. The Balaban J connectivity index is 1.94. The molecule has 5 heteroatoms. The zero-order valence-corrected chi connectivity index (χ0v) is 12.6. The van der Waals surface area contributed by atoms with Crippen LogP contribution in [0.5, 0.6) is 0 Å². The fourth-order valence-electron chi connectivity index (χ4n) is 2.70. The molecule has 0 aromatic carbocycles. The molecule has 1 aliphatic carbocycles. The molecule has 2 aliphatic rings. The van der Waals surface area contributed by atoms with Gasteiger partial charge in [0.25, 0.3) is 0 Å². The molecule has 20 heavy (non-hydrogen) atoms. The Bertz CT molecular complexity index is 487. The summed E-state index contributed by atoms with van der Waals surface area (Å²) in [7, 11) is 0. The Kier molecular flexibility index (Phi) is 3.78. The first-order valence-electron chi connectivity index (χ1n) is 7.68. The van der Waals surface area contributed by atoms with Gasteiger partial charge >= 0.3 is 0 Å². The van der Waals surface area contributed by atoms with Crippen LogP contribution in [0.25, 0.3) is 0 Å². The van der Waals surface area contributed by atoms with Gasteiger partial charge in [-0.05, 0) is 33.6 Å². The summed E-state index contributed by atoms with van der Waals surface area (Å²) in [5.74, 6) is 3.68. The fourth-order valence-corrected chi connectivity index (χ4v) is 2.70. The number of rotatable bonds is 4. The van der Waals surface area contributed by atoms with Crippen LogP contribution in [0.2, 0.25) is 0 Å². The molecule has 3 rings (SSSR count). The van der Waals surface area contributed by atoms with Crippen LogP contribution < -0.4 is 10.2 Å². The van der Waals surface area contributed by atoms with E-state index in [1.807, 2.05) is 0 Å². The number of ether oxygens (including phenoxy) is 1. The zero-order valence-electron chi connectivity index (χ0n) is 12.6. The summed E-state index contributed by atoms with van der Waals surface area (Å²) in [6.45, 7) is 9.83. The van der Waals surface area contributed by atoms with Gasteiger partial charge in [0.05, 0.1) is 12.7 Å². The standard InChI is InChI=1S/C15H24N4O/c1-4-16-13-11(3)15(18-14(17-13)12-5-6-12)19-7-8-20-10(2)9-19/h10,12H,4-9H2,1-3H3,(H,16,17,18). The van der Waals surface area contributed by atoms with Crippen LogP contribution in [0.15, 0.2) is 0 Å². The minimum absolute atomic E-state index is 0.269. The lowest BCUT2D eigenvalue weighted by molar-refractivity contribution is 0.0529. The largest absolute Gasteiger partial charge is 0.375 e. The second kappa shape index (κ2) is 5.56. The van der Waals surface area contributed by atoms with Gasteiger partial charge in [-0.1, -0.05) is 0 Å². The molecule has 1 N–H and O–H groups in total. The molecule has 110 valence electrons. The molecule has 1 aromatic heterocycles. The molecule has 0 bridgehead atoms. The van der Waals surface area contributed by atoms with Crippen LogP contribution in [0.4, 0.5) is 11.6 Å². The molecule has 0 amide bonds. The number of morpholine rings is 1. The molecule has 1 saturated heterocycles. The lowest BCUT2D eigenvalue weighted by Crippen LogP contribution is -2.42. The van der Waals surface area contributed by atoms with Gasteiger partial charge in [-0.3, -0.25) is 0 Å². The third-order valence-corrected chi connectivity index (χ3v) is 3.96. The monoisotopic (exact) mass is 276 g/mol. The van der Waals surface area contributed by atoms with Crippen LogP contribution >= 0.6 is 0 Å². The topological polar surface area (TPSA) is 50.3 Å². The van der Waals surface area contributed by atoms with Crippen molar-refractivity contribution in [3.63, 3.8) is 0 Å². The first-order valence-corrected chi connectivity index (χ1v) is 7.68. The van der Waals surface area contributed by atoms with Crippen molar-refractivity contribution in [3.05, 3.63) is 11.4 Å². The average Bonchev–Trinajstić information content (AvgIpc) is 3.26. The highest BCUT2D eigenvalue weighted by atomic mass is 16.5. The summed E-state index contributed by atoms with van der Waals surface area (Å²) in [6.07, 6.45) is 2.73. The van der Waals surface area contributed by atoms with Crippen molar-refractivity contribution in [1.29, 1.82) is 0 Å². The second-order valence-corrected chi connectivity index (χ2v) is 5.81. The number of hydrogen-bond acceptors (Lipinski definition) is 5. The van der Waals surface area contributed by atoms with Gasteiger partial charge in [-0.15, -0.1) is 0 Å². The van der Waals surface area contributed by atoms with E-state index in [2.05, 4.69) is 31.0 Å². The minimum Gasteiger partial charge on any atom is -0.375 e. The molecule has 1 unspecified atom stereocenters. The second-order valence-electron chi connectivity index (χ2n) is 5.81. The number of nitrogens with one attached hydrogen (secondary N) is 1. The number of aromatic nitrogens is 2. The van der Waals surface area contributed by atoms with E-state index in [4.69, 9.17) is 14.7 Å². The molecule has 2 heterocycles. The summed E-state index contributed by atoms with van der Waals surface area (Å²) in [4.78, 5) is 11.9. The van der Waals surface area contributed by atoms with E-state index < -0.39 is 0 Å². The summed E-state index contributed by atoms with van der Waals surface area (Å²) in [6, 6.07) is 0. The van der Waals surface area contributed by atoms with Crippen molar-refractivity contribution < 1.29 is 4.74 Å². The predicted molar refractivity (Wildman–Crippen MR) is 80.5 cm³/mol. The maximum atomic E-state index is 5.64. The molecule has 5 nitrogen and oxygen atoms in total. The normalized spacial score (nSPS) is 22.9. The van der Waals surface area contributed by atoms with Crippen LogP contribution in [-0.2, 0) is 4.74 Å². The number of anilines is 2. The summed E-state index contributed by atoms with van der Waals surface area (Å²) >= 11 is 0. The van der Waals surface area contributed by atoms with Gasteiger partial charge < -0.3 is 15.0 Å². The zero-order chi connectivity index (χ0) is 14.1. The van der Waals surface area contributed by atoms with Crippen LogP contribution in [0, 0.1) is 6.92 Å². The van der Waals surface area contributed by atoms with E-state index >= 15 is 0 Å². The van der Waals surface area contributed by atoms with E-state index in [0.717, 1.165) is 49.3 Å². The fraction of sp³-hybridized carbons (Fsp3) is 0.733. The molecule has 0 radical (unpaired) electrons. The average molecular weight is 276 g/mol. The summed E-state index contributed by atoms with van der Waals surface area (Å²) < 4.78 is 5.64. The Labute approximate surface area is 120 Å². The first-order chi connectivity index (χ1) is 9.69. The van der Waals surface area contributed by atoms with Crippen molar-refractivity contribution in [1.82, 2.24) is 9.97 Å². The predicted octanol–water partition coefficient (Wildman–Crippen LogP) is 2.32. The summed E-state index contributed by atoms with van der Waals surface area (Å²) in [5.41, 5.74) is 1.16. The Morgan fingerprint density at radius 2 is 2.15 bits per heavy atom. The molecule has 2 fully saturated rings. The smallest absolute Gasteiger partial charge is 0.137 e. The van der Waals surface area contributed by atoms with E-state index in [1.54, 1.807) is 0 Å². The van der Waals surface area contributed by atoms with Crippen LogP contribution in [0.3, 0.4) is 0 Å². The van der Waals surface area contributed by atoms with Crippen molar-refractivity contribution in [2.45, 2.75) is 45.6 Å². The van der Waals surface area contributed by atoms with Crippen molar-refractivity contribution >= 4 is 11.6 Å². The van der Waals surface area contributed by atoms with E-state index in [9.17, 15) is 0 Å². The van der Waals surface area contributed by atoms with Gasteiger partial charge in [0.15, 0.2) is 0 Å². The highest BCUT2D eigenvalue weighted by Gasteiger charge is 2.29. The maximum absolute atomic E-state index is 5.64. The third-order valence-electron chi connectivity index (χ3n) is 3.96. The van der Waals surface area contributed by atoms with Crippen molar-refractivity contribution in [2.24, 2.45) is 0 Å². The lowest BCUT2D eigenvalue weighted by Gasteiger charge is -2.33. The van der Waals surface area contributed by atoms with Gasteiger partial charge in [0.1, 0.15) is 17.5 Å². The van der Waals surface area contributed by atoms with Crippen molar-refractivity contribution in [3.8, 4) is 0 Å². The third kappa shape index (κ3) is 2.73. The van der Waals surface area contributed by atoms with Crippen LogP contribution in [-0.4, -0.2) is 42.3 Å². The molecule has 0 spiro atoms. The summed E-state index contributed by atoms with van der Waals surface area (Å²) in [5, 5.41) is 3.38. The number of nitrogens with zero attached hydrogens (tertiary/aromatic N) is 3. The van der Waals surface area contributed by atoms with Gasteiger partial charge in [-0.2, -0.15) is 0 Å². The SMILES string of the molecule is CCNc1nc(C2CC2)nc(N2CCOC(C)C2)c1C. The van der Waals surface area contributed by atoms with E-state index in [-0.39, 0.29) is 6.10 Å².